The first-order valence-corrected chi connectivity index (χ1v) is 10.2. The molecule has 0 aliphatic heterocycles. The van der Waals surface area contributed by atoms with Crippen LogP contribution in [0.2, 0.25) is 0 Å². The number of nitrogens with one attached hydrogen (secondary N) is 1. The average molecular weight is 378 g/mol. The lowest BCUT2D eigenvalue weighted by Gasteiger charge is -2.32. The third kappa shape index (κ3) is 4.44. The van der Waals surface area contributed by atoms with E-state index in [9.17, 15) is 8.42 Å². The molecule has 0 spiro atoms. The maximum atomic E-state index is 12.8. The minimum atomic E-state index is -3.66. The summed E-state index contributed by atoms with van der Waals surface area (Å²) in [5.74, 6) is 0.690. The van der Waals surface area contributed by atoms with Crippen molar-refractivity contribution in [2.75, 3.05) is 20.3 Å². The largest absolute Gasteiger partial charge is 0.494 e. The van der Waals surface area contributed by atoms with Gasteiger partial charge in [0.2, 0.25) is 10.0 Å². The van der Waals surface area contributed by atoms with Gasteiger partial charge in [-0.25, -0.2) is 13.1 Å². The van der Waals surface area contributed by atoms with Gasteiger partial charge in [0.05, 0.1) is 11.5 Å². The van der Waals surface area contributed by atoms with Crippen molar-refractivity contribution in [3.8, 4) is 5.75 Å². The minimum absolute atomic E-state index is 0.151. The zero-order valence-electron chi connectivity index (χ0n) is 15.8. The Morgan fingerprint density at radius 2 is 1.77 bits per heavy atom. The molecule has 142 valence electrons. The fourth-order valence-electron chi connectivity index (χ4n) is 2.91. The second-order valence-electron chi connectivity index (χ2n) is 6.10. The fourth-order valence-corrected chi connectivity index (χ4v) is 4.08. The number of sulfonamides is 1. The highest BCUT2D eigenvalue weighted by molar-refractivity contribution is 7.89. The van der Waals surface area contributed by atoms with Crippen LogP contribution in [0.15, 0.2) is 53.4 Å². The van der Waals surface area contributed by atoms with E-state index in [4.69, 9.17) is 9.47 Å². The molecular weight excluding hydrogens is 350 g/mol. The molecule has 0 saturated carbocycles. The molecule has 0 fully saturated rings. The molecule has 1 atom stereocenters. The lowest BCUT2D eigenvalue weighted by Crippen LogP contribution is -2.41. The number of methoxy groups -OCH3 is 1. The van der Waals surface area contributed by atoms with Gasteiger partial charge >= 0.3 is 0 Å². The van der Waals surface area contributed by atoms with E-state index in [0.717, 1.165) is 11.1 Å². The van der Waals surface area contributed by atoms with Crippen LogP contribution in [0.3, 0.4) is 0 Å². The molecule has 0 saturated heterocycles. The molecule has 1 N–H and O–H groups in total. The second kappa shape index (κ2) is 8.66. The van der Waals surface area contributed by atoms with Crippen molar-refractivity contribution in [3.63, 3.8) is 0 Å². The Morgan fingerprint density at radius 3 is 2.31 bits per heavy atom. The Balaban J connectivity index is 2.24. The summed E-state index contributed by atoms with van der Waals surface area (Å²) in [6.07, 6.45) is 0.637. The van der Waals surface area contributed by atoms with E-state index in [0.29, 0.717) is 18.8 Å². The Labute approximate surface area is 156 Å². The first kappa shape index (κ1) is 20.4. The monoisotopic (exact) mass is 377 g/mol. The fraction of sp³-hybridized carbons (Fsp3) is 0.400. The van der Waals surface area contributed by atoms with E-state index in [1.807, 2.05) is 51.1 Å². The van der Waals surface area contributed by atoms with Crippen LogP contribution in [-0.4, -0.2) is 28.7 Å². The summed E-state index contributed by atoms with van der Waals surface area (Å²) in [5.41, 5.74) is 1.01. The number of hydrogen-bond acceptors (Lipinski definition) is 4. The van der Waals surface area contributed by atoms with E-state index < -0.39 is 15.6 Å². The van der Waals surface area contributed by atoms with Crippen LogP contribution in [0, 0.1) is 6.92 Å². The average Bonchev–Trinajstić information content (AvgIpc) is 2.65. The standard InChI is InChI=1S/C20H27NO4S/c1-5-20(24-4,17-10-8-7-9-11-17)15-21-26(22,23)18-12-13-19(25-6-2)16(3)14-18/h7-14,21H,5-6,15H2,1-4H3. The predicted molar refractivity (Wildman–Crippen MR) is 103 cm³/mol. The van der Waals surface area contributed by atoms with Crippen molar-refractivity contribution >= 4 is 10.0 Å². The van der Waals surface area contributed by atoms with E-state index in [1.165, 1.54) is 0 Å². The van der Waals surface area contributed by atoms with Gasteiger partial charge in [0, 0.05) is 13.7 Å². The van der Waals surface area contributed by atoms with Gasteiger partial charge in [0.25, 0.3) is 0 Å². The Morgan fingerprint density at radius 1 is 1.08 bits per heavy atom. The van der Waals surface area contributed by atoms with Crippen LogP contribution in [0.1, 0.15) is 31.4 Å². The molecule has 0 aromatic heterocycles. The lowest BCUT2D eigenvalue weighted by molar-refractivity contribution is -0.0133. The molecular formula is C20H27NO4S. The van der Waals surface area contributed by atoms with Crippen molar-refractivity contribution in [2.24, 2.45) is 0 Å². The zero-order valence-corrected chi connectivity index (χ0v) is 16.6. The van der Waals surface area contributed by atoms with Crippen LogP contribution < -0.4 is 9.46 Å². The maximum Gasteiger partial charge on any atom is 0.240 e. The minimum Gasteiger partial charge on any atom is -0.494 e. The van der Waals surface area contributed by atoms with Crippen LogP contribution in [0.5, 0.6) is 5.75 Å². The summed E-state index contributed by atoms with van der Waals surface area (Å²) in [4.78, 5) is 0.215. The van der Waals surface area contributed by atoms with Gasteiger partial charge in [-0.3, -0.25) is 0 Å². The molecule has 0 heterocycles. The molecule has 0 amide bonds. The van der Waals surface area contributed by atoms with Crippen LogP contribution >= 0.6 is 0 Å². The van der Waals surface area contributed by atoms with Gasteiger partial charge in [-0.2, -0.15) is 0 Å². The number of rotatable bonds is 9. The van der Waals surface area contributed by atoms with Crippen molar-refractivity contribution < 1.29 is 17.9 Å². The van der Waals surface area contributed by atoms with Gasteiger partial charge in [0.1, 0.15) is 11.4 Å². The van der Waals surface area contributed by atoms with Gasteiger partial charge in [-0.1, -0.05) is 37.3 Å². The third-order valence-electron chi connectivity index (χ3n) is 4.57. The summed E-state index contributed by atoms with van der Waals surface area (Å²) in [6, 6.07) is 14.5. The quantitative estimate of drug-likeness (QED) is 0.725. The molecule has 5 nitrogen and oxygen atoms in total. The van der Waals surface area contributed by atoms with Crippen molar-refractivity contribution in [2.45, 2.75) is 37.7 Å². The molecule has 2 aromatic rings. The Bertz CT molecular complexity index is 815. The van der Waals surface area contributed by atoms with Gasteiger partial charge < -0.3 is 9.47 Å². The van der Waals surface area contributed by atoms with Crippen LogP contribution in [-0.2, 0) is 20.4 Å². The lowest BCUT2D eigenvalue weighted by atomic mass is 9.91. The summed E-state index contributed by atoms with van der Waals surface area (Å²) < 4.78 is 39.4. The first-order valence-electron chi connectivity index (χ1n) is 8.72. The maximum absolute atomic E-state index is 12.8. The molecule has 0 aliphatic rings. The smallest absolute Gasteiger partial charge is 0.240 e. The van der Waals surface area contributed by atoms with E-state index >= 15 is 0 Å². The first-order chi connectivity index (χ1) is 12.4. The molecule has 0 aliphatic carbocycles. The third-order valence-corrected chi connectivity index (χ3v) is 5.96. The summed E-state index contributed by atoms with van der Waals surface area (Å²) in [7, 11) is -2.06. The number of hydrogen-bond donors (Lipinski definition) is 1. The normalized spacial score (nSPS) is 14.0. The summed E-state index contributed by atoms with van der Waals surface area (Å²) in [5, 5.41) is 0. The van der Waals surface area contributed by atoms with Gasteiger partial charge in [-0.15, -0.1) is 0 Å². The topological polar surface area (TPSA) is 64.6 Å². The highest BCUT2D eigenvalue weighted by Crippen LogP contribution is 2.29. The van der Waals surface area contributed by atoms with Crippen molar-refractivity contribution in [3.05, 3.63) is 59.7 Å². The Kier molecular flexibility index (Phi) is 6.81. The molecule has 26 heavy (non-hydrogen) atoms. The number of aryl methyl sites for hydroxylation is 1. The molecule has 2 aromatic carbocycles. The van der Waals surface area contributed by atoms with Gasteiger partial charge in [0.15, 0.2) is 0 Å². The van der Waals surface area contributed by atoms with E-state index in [-0.39, 0.29) is 11.4 Å². The number of benzene rings is 2. The molecule has 0 bridgehead atoms. The summed E-state index contributed by atoms with van der Waals surface area (Å²) >= 11 is 0. The molecule has 2 rings (SSSR count). The molecule has 6 heteroatoms. The zero-order chi connectivity index (χ0) is 19.2. The summed E-state index contributed by atoms with van der Waals surface area (Å²) in [6.45, 7) is 6.39. The van der Waals surface area contributed by atoms with Crippen molar-refractivity contribution in [1.29, 1.82) is 0 Å². The Hall–Kier alpha value is -1.89. The second-order valence-corrected chi connectivity index (χ2v) is 7.87. The SMILES string of the molecule is CCOc1ccc(S(=O)(=O)NCC(CC)(OC)c2ccccc2)cc1C. The van der Waals surface area contributed by atoms with Crippen LogP contribution in [0.4, 0.5) is 0 Å². The predicted octanol–water partition coefficient (Wildman–Crippen LogP) is 3.62. The van der Waals surface area contributed by atoms with E-state index in [2.05, 4.69) is 4.72 Å². The van der Waals surface area contributed by atoms with E-state index in [1.54, 1.807) is 25.3 Å². The highest BCUT2D eigenvalue weighted by atomic mass is 32.2. The molecule has 1 unspecified atom stereocenters. The number of ether oxygens (including phenoxy) is 2. The van der Waals surface area contributed by atoms with Gasteiger partial charge in [-0.05, 0) is 49.6 Å². The van der Waals surface area contributed by atoms with Crippen LogP contribution in [0.25, 0.3) is 0 Å². The highest BCUT2D eigenvalue weighted by Gasteiger charge is 2.32. The van der Waals surface area contributed by atoms with Crippen molar-refractivity contribution in [1.82, 2.24) is 4.72 Å². The molecule has 0 radical (unpaired) electrons.